The summed E-state index contributed by atoms with van der Waals surface area (Å²) in [6.07, 6.45) is 1.77. The number of rotatable bonds is 2. The Morgan fingerprint density at radius 3 is 2.38 bits per heavy atom. The number of aryl methyl sites for hydroxylation is 3. The molecule has 1 aromatic heterocycles. The first-order chi connectivity index (χ1) is 9.97. The van der Waals surface area contributed by atoms with Gasteiger partial charge in [-0.2, -0.15) is 0 Å². The second kappa shape index (κ2) is 5.05. The fourth-order valence-corrected chi connectivity index (χ4v) is 3.13. The van der Waals surface area contributed by atoms with Crippen LogP contribution in [0.1, 0.15) is 32.6 Å². The van der Waals surface area contributed by atoms with E-state index in [2.05, 4.69) is 4.98 Å². The van der Waals surface area contributed by atoms with Crippen molar-refractivity contribution in [1.82, 2.24) is 4.98 Å². The maximum absolute atomic E-state index is 12.9. The number of hydrogen-bond acceptors (Lipinski definition) is 1. The van der Waals surface area contributed by atoms with Gasteiger partial charge in [0.05, 0.1) is 0 Å². The van der Waals surface area contributed by atoms with Gasteiger partial charge < -0.3 is 4.98 Å². The molecule has 1 heterocycles. The minimum atomic E-state index is 0.0542. The Balaban J connectivity index is 2.18. The third-order valence-corrected chi connectivity index (χ3v) is 4.03. The summed E-state index contributed by atoms with van der Waals surface area (Å²) in [6.45, 7) is 6.01. The molecular formula is C18H16ClNO. The number of ketones is 1. The Bertz CT molecular complexity index is 838. The van der Waals surface area contributed by atoms with Crippen LogP contribution in [0.3, 0.4) is 0 Å². The molecule has 0 saturated heterocycles. The number of nitrogens with one attached hydrogen (secondary N) is 1. The maximum atomic E-state index is 12.9. The topological polar surface area (TPSA) is 32.9 Å². The van der Waals surface area contributed by atoms with Crippen LogP contribution in [0.2, 0.25) is 5.02 Å². The Kier molecular flexibility index (Phi) is 3.34. The van der Waals surface area contributed by atoms with E-state index in [1.165, 1.54) is 5.56 Å². The molecule has 106 valence electrons. The van der Waals surface area contributed by atoms with Gasteiger partial charge in [-0.25, -0.2) is 0 Å². The Labute approximate surface area is 128 Å². The predicted octanol–water partition coefficient (Wildman–Crippen LogP) is 4.98. The largest absolute Gasteiger partial charge is 0.360 e. The summed E-state index contributed by atoms with van der Waals surface area (Å²) in [4.78, 5) is 16.0. The molecule has 0 saturated carbocycles. The van der Waals surface area contributed by atoms with Crippen molar-refractivity contribution < 1.29 is 4.79 Å². The fourth-order valence-electron chi connectivity index (χ4n) is 2.96. The Morgan fingerprint density at radius 1 is 1.05 bits per heavy atom. The molecular weight excluding hydrogens is 282 g/mol. The summed E-state index contributed by atoms with van der Waals surface area (Å²) in [7, 11) is 0. The summed E-state index contributed by atoms with van der Waals surface area (Å²) in [5.74, 6) is 0.0542. The van der Waals surface area contributed by atoms with Crippen LogP contribution in [0, 0.1) is 20.8 Å². The van der Waals surface area contributed by atoms with Gasteiger partial charge in [-0.3, -0.25) is 4.79 Å². The van der Waals surface area contributed by atoms with E-state index in [0.717, 1.165) is 27.6 Å². The van der Waals surface area contributed by atoms with Crippen LogP contribution in [0.25, 0.3) is 10.9 Å². The van der Waals surface area contributed by atoms with Crippen molar-refractivity contribution in [1.29, 1.82) is 0 Å². The zero-order valence-corrected chi connectivity index (χ0v) is 13.0. The van der Waals surface area contributed by atoms with Gasteiger partial charge >= 0.3 is 0 Å². The third kappa shape index (κ3) is 2.36. The second-order valence-electron chi connectivity index (χ2n) is 5.50. The number of aromatic amines is 1. The van der Waals surface area contributed by atoms with Gasteiger partial charge in [-0.15, -0.1) is 0 Å². The van der Waals surface area contributed by atoms with Crippen molar-refractivity contribution in [3.05, 3.63) is 69.4 Å². The van der Waals surface area contributed by atoms with Gasteiger partial charge in [-0.05, 0) is 44.0 Å². The lowest BCUT2D eigenvalue weighted by atomic mass is 9.93. The van der Waals surface area contributed by atoms with E-state index in [4.69, 9.17) is 11.6 Å². The van der Waals surface area contributed by atoms with E-state index >= 15 is 0 Å². The standard InChI is InChI=1S/C18H16ClNO/c1-10-6-11(2)17(12(3)7-10)18(21)15-9-20-16-8-13(19)4-5-14(15)16/h4-9,20H,1-3H3. The molecule has 0 bridgehead atoms. The highest BCUT2D eigenvalue weighted by Gasteiger charge is 2.18. The lowest BCUT2D eigenvalue weighted by Gasteiger charge is -2.10. The van der Waals surface area contributed by atoms with E-state index in [1.807, 2.05) is 51.1 Å². The molecule has 3 rings (SSSR count). The first-order valence-electron chi connectivity index (χ1n) is 6.86. The zero-order chi connectivity index (χ0) is 15.1. The fraction of sp³-hybridized carbons (Fsp3) is 0.167. The van der Waals surface area contributed by atoms with Gasteiger partial charge in [0.2, 0.25) is 0 Å². The SMILES string of the molecule is Cc1cc(C)c(C(=O)c2c[nH]c3cc(Cl)ccc23)c(C)c1. The normalized spacial score (nSPS) is 11.0. The van der Waals surface area contributed by atoms with Crippen molar-refractivity contribution >= 4 is 28.3 Å². The van der Waals surface area contributed by atoms with Crippen LogP contribution < -0.4 is 0 Å². The van der Waals surface area contributed by atoms with Gasteiger partial charge in [0.1, 0.15) is 0 Å². The van der Waals surface area contributed by atoms with Crippen LogP contribution in [0.5, 0.6) is 0 Å². The molecule has 1 N–H and O–H groups in total. The van der Waals surface area contributed by atoms with E-state index in [1.54, 1.807) is 6.20 Å². The van der Waals surface area contributed by atoms with Crippen LogP contribution >= 0.6 is 11.6 Å². The number of H-pyrrole nitrogens is 1. The van der Waals surface area contributed by atoms with Crippen molar-refractivity contribution in [3.63, 3.8) is 0 Å². The highest BCUT2D eigenvalue weighted by Crippen LogP contribution is 2.26. The Morgan fingerprint density at radius 2 is 1.71 bits per heavy atom. The monoisotopic (exact) mass is 297 g/mol. The zero-order valence-electron chi connectivity index (χ0n) is 12.3. The quantitative estimate of drug-likeness (QED) is 0.665. The summed E-state index contributed by atoms with van der Waals surface area (Å²) in [5, 5.41) is 1.56. The number of hydrogen-bond donors (Lipinski definition) is 1. The molecule has 2 nitrogen and oxygen atoms in total. The minimum Gasteiger partial charge on any atom is -0.360 e. The summed E-state index contributed by atoms with van der Waals surface area (Å²) < 4.78 is 0. The highest BCUT2D eigenvalue weighted by molar-refractivity contribution is 6.31. The first-order valence-corrected chi connectivity index (χ1v) is 7.24. The van der Waals surface area contributed by atoms with Crippen molar-refractivity contribution in [2.75, 3.05) is 0 Å². The minimum absolute atomic E-state index is 0.0542. The number of benzene rings is 2. The molecule has 0 atom stereocenters. The molecule has 0 aliphatic carbocycles. The van der Waals surface area contributed by atoms with Gasteiger partial charge in [0, 0.05) is 33.2 Å². The molecule has 0 aliphatic rings. The molecule has 2 aromatic carbocycles. The average molecular weight is 298 g/mol. The lowest BCUT2D eigenvalue weighted by Crippen LogP contribution is -2.06. The molecule has 3 aromatic rings. The number of halogens is 1. The van der Waals surface area contributed by atoms with Crippen molar-refractivity contribution in [2.24, 2.45) is 0 Å². The molecule has 0 spiro atoms. The first kappa shape index (κ1) is 13.9. The maximum Gasteiger partial charge on any atom is 0.195 e. The van der Waals surface area contributed by atoms with Crippen molar-refractivity contribution in [3.8, 4) is 0 Å². The number of carbonyl (C=O) groups is 1. The summed E-state index contributed by atoms with van der Waals surface area (Å²) >= 11 is 5.99. The smallest absolute Gasteiger partial charge is 0.195 e. The Hall–Kier alpha value is -2.06. The molecule has 3 heteroatoms. The van der Waals surface area contributed by atoms with Gasteiger partial charge in [0.15, 0.2) is 5.78 Å². The summed E-state index contributed by atoms with van der Waals surface area (Å²) in [6, 6.07) is 9.63. The number of carbonyl (C=O) groups excluding carboxylic acids is 1. The third-order valence-electron chi connectivity index (χ3n) is 3.79. The lowest BCUT2D eigenvalue weighted by molar-refractivity contribution is 0.103. The number of aromatic nitrogens is 1. The predicted molar refractivity (Wildman–Crippen MR) is 87.4 cm³/mol. The number of fused-ring (bicyclic) bond motifs is 1. The van der Waals surface area contributed by atoms with E-state index < -0.39 is 0 Å². The molecule has 21 heavy (non-hydrogen) atoms. The molecule has 0 aliphatic heterocycles. The van der Waals surface area contributed by atoms with E-state index in [-0.39, 0.29) is 5.78 Å². The van der Waals surface area contributed by atoms with Crippen LogP contribution in [0.4, 0.5) is 0 Å². The van der Waals surface area contributed by atoms with E-state index in [0.29, 0.717) is 10.6 Å². The van der Waals surface area contributed by atoms with Gasteiger partial charge in [-0.1, -0.05) is 35.4 Å². The highest BCUT2D eigenvalue weighted by atomic mass is 35.5. The summed E-state index contributed by atoms with van der Waals surface area (Å²) in [5.41, 5.74) is 5.57. The van der Waals surface area contributed by atoms with E-state index in [9.17, 15) is 4.79 Å². The molecule has 0 radical (unpaired) electrons. The van der Waals surface area contributed by atoms with Crippen molar-refractivity contribution in [2.45, 2.75) is 20.8 Å². The van der Waals surface area contributed by atoms with Crippen LogP contribution in [-0.4, -0.2) is 10.8 Å². The van der Waals surface area contributed by atoms with Crippen LogP contribution in [0.15, 0.2) is 36.5 Å². The second-order valence-corrected chi connectivity index (χ2v) is 5.93. The molecule has 0 fully saturated rings. The molecule has 0 unspecified atom stereocenters. The average Bonchev–Trinajstić information content (AvgIpc) is 2.80. The van der Waals surface area contributed by atoms with Gasteiger partial charge in [0.25, 0.3) is 0 Å². The van der Waals surface area contributed by atoms with Crippen LogP contribution in [-0.2, 0) is 0 Å². The molecule has 0 amide bonds.